The Balaban J connectivity index is 1.53. The smallest absolute Gasteiger partial charge is 0.264 e. The number of aliphatic hydroxyl groups excluding tert-OH is 1. The average molecular weight is 342 g/mol. The van der Waals surface area contributed by atoms with Gasteiger partial charge in [-0.1, -0.05) is 24.3 Å². The Morgan fingerprint density at radius 1 is 1.08 bits per heavy atom. The fraction of sp³-hybridized carbons (Fsp3) is 0.421. The molecular formula is C19H22N2O2S. The zero-order chi connectivity index (χ0) is 16.5. The van der Waals surface area contributed by atoms with Crippen molar-refractivity contribution in [3.05, 3.63) is 46.3 Å². The predicted molar refractivity (Wildman–Crippen MR) is 96.6 cm³/mol. The Hall–Kier alpha value is -1.69. The molecule has 2 aromatic rings. The Kier molecular flexibility index (Phi) is 4.39. The van der Waals surface area contributed by atoms with Crippen molar-refractivity contribution in [1.29, 1.82) is 0 Å². The van der Waals surface area contributed by atoms with Crippen LogP contribution < -0.4 is 0 Å². The molecule has 1 N–H and O–H groups in total. The largest absolute Gasteiger partial charge is 0.395 e. The molecular weight excluding hydrogens is 320 g/mol. The summed E-state index contributed by atoms with van der Waals surface area (Å²) in [7, 11) is 0. The first-order valence-corrected chi connectivity index (χ1v) is 9.41. The summed E-state index contributed by atoms with van der Waals surface area (Å²) in [6.07, 6.45) is 2.09. The highest BCUT2D eigenvalue weighted by Crippen LogP contribution is 2.39. The first kappa shape index (κ1) is 15.8. The van der Waals surface area contributed by atoms with E-state index in [1.54, 1.807) is 11.3 Å². The van der Waals surface area contributed by atoms with Crippen molar-refractivity contribution < 1.29 is 9.90 Å². The lowest BCUT2D eigenvalue weighted by molar-refractivity contribution is 0.0619. The minimum atomic E-state index is 0.163. The van der Waals surface area contributed by atoms with Gasteiger partial charge in [0.15, 0.2) is 0 Å². The molecule has 0 unspecified atom stereocenters. The molecule has 0 bridgehead atoms. The molecule has 1 saturated heterocycles. The van der Waals surface area contributed by atoms with Gasteiger partial charge in [0.2, 0.25) is 0 Å². The van der Waals surface area contributed by atoms with Crippen LogP contribution in [0.15, 0.2) is 30.3 Å². The predicted octanol–water partition coefficient (Wildman–Crippen LogP) is 2.26. The molecule has 0 atom stereocenters. The first-order valence-electron chi connectivity index (χ1n) is 8.60. The summed E-state index contributed by atoms with van der Waals surface area (Å²) in [6.45, 7) is 4.08. The number of carbonyl (C=O) groups excluding carboxylic acids is 1. The van der Waals surface area contributed by atoms with Gasteiger partial charge in [0.25, 0.3) is 5.91 Å². The molecule has 1 aromatic carbocycles. The number of hydrogen-bond acceptors (Lipinski definition) is 4. The van der Waals surface area contributed by atoms with Gasteiger partial charge >= 0.3 is 0 Å². The highest BCUT2D eigenvalue weighted by molar-refractivity contribution is 7.17. The third-order valence-corrected chi connectivity index (χ3v) is 6.22. The van der Waals surface area contributed by atoms with E-state index in [-0.39, 0.29) is 12.5 Å². The maximum absolute atomic E-state index is 12.9. The van der Waals surface area contributed by atoms with Crippen molar-refractivity contribution in [2.75, 3.05) is 39.3 Å². The van der Waals surface area contributed by atoms with E-state index in [1.807, 2.05) is 4.90 Å². The van der Waals surface area contributed by atoms with Gasteiger partial charge in [0.1, 0.15) is 0 Å². The number of nitrogens with zero attached hydrogens (tertiary/aromatic N) is 2. The second-order valence-electron chi connectivity index (χ2n) is 6.48. The molecule has 1 aromatic heterocycles. The zero-order valence-electron chi connectivity index (χ0n) is 13.7. The molecule has 1 aliphatic heterocycles. The Bertz CT molecular complexity index is 748. The summed E-state index contributed by atoms with van der Waals surface area (Å²) in [6, 6.07) is 10.6. The van der Waals surface area contributed by atoms with E-state index in [1.165, 1.54) is 21.6 Å². The SMILES string of the molecule is O=C(c1cc2c(s1)-c1ccccc1CC2)N1CCN(CCO)CC1. The monoisotopic (exact) mass is 342 g/mol. The molecule has 0 spiro atoms. The van der Waals surface area contributed by atoms with Crippen molar-refractivity contribution >= 4 is 17.2 Å². The number of piperazine rings is 1. The van der Waals surface area contributed by atoms with Gasteiger partial charge in [-0.2, -0.15) is 0 Å². The first-order chi connectivity index (χ1) is 11.8. The number of aliphatic hydroxyl groups is 1. The maximum atomic E-state index is 12.9. The van der Waals surface area contributed by atoms with Crippen LogP contribution in [0.1, 0.15) is 20.8 Å². The summed E-state index contributed by atoms with van der Waals surface area (Å²) in [5.74, 6) is 0.163. The van der Waals surface area contributed by atoms with Crippen LogP contribution in [0.4, 0.5) is 0 Å². The molecule has 126 valence electrons. The van der Waals surface area contributed by atoms with Gasteiger partial charge in [-0.3, -0.25) is 9.69 Å². The van der Waals surface area contributed by atoms with E-state index >= 15 is 0 Å². The van der Waals surface area contributed by atoms with Crippen LogP contribution >= 0.6 is 11.3 Å². The molecule has 2 aliphatic rings. The normalized spacial score (nSPS) is 17.5. The van der Waals surface area contributed by atoms with Crippen LogP contribution in [-0.2, 0) is 12.8 Å². The van der Waals surface area contributed by atoms with Crippen molar-refractivity contribution in [2.24, 2.45) is 0 Å². The standard InChI is InChI=1S/C19H22N2O2S/c22-12-11-20-7-9-21(10-8-20)19(23)17-13-15-6-5-14-3-1-2-4-16(14)18(15)24-17/h1-4,13,22H,5-12H2. The van der Waals surface area contributed by atoms with Gasteiger partial charge in [0.05, 0.1) is 11.5 Å². The van der Waals surface area contributed by atoms with Gasteiger partial charge in [0, 0.05) is 37.6 Å². The topological polar surface area (TPSA) is 43.8 Å². The van der Waals surface area contributed by atoms with E-state index in [9.17, 15) is 4.79 Å². The van der Waals surface area contributed by atoms with Gasteiger partial charge < -0.3 is 10.0 Å². The van der Waals surface area contributed by atoms with Crippen LogP contribution in [0.25, 0.3) is 10.4 Å². The number of carbonyl (C=O) groups is 1. The van der Waals surface area contributed by atoms with E-state index in [0.717, 1.165) is 43.9 Å². The van der Waals surface area contributed by atoms with Gasteiger partial charge in [-0.15, -0.1) is 11.3 Å². The van der Waals surface area contributed by atoms with Crippen LogP contribution in [0.5, 0.6) is 0 Å². The number of amides is 1. The number of rotatable bonds is 3. The highest BCUT2D eigenvalue weighted by Gasteiger charge is 2.26. The fourth-order valence-electron chi connectivity index (χ4n) is 3.65. The molecule has 2 heterocycles. The molecule has 0 saturated carbocycles. The van der Waals surface area contributed by atoms with Crippen LogP contribution in [-0.4, -0.2) is 60.1 Å². The van der Waals surface area contributed by atoms with E-state index < -0.39 is 0 Å². The average Bonchev–Trinajstić information content (AvgIpc) is 3.07. The van der Waals surface area contributed by atoms with Crippen molar-refractivity contribution in [1.82, 2.24) is 9.80 Å². The molecule has 4 rings (SSSR count). The van der Waals surface area contributed by atoms with E-state index in [0.29, 0.717) is 6.54 Å². The molecule has 24 heavy (non-hydrogen) atoms. The van der Waals surface area contributed by atoms with Crippen LogP contribution in [0, 0.1) is 0 Å². The second kappa shape index (κ2) is 6.67. The van der Waals surface area contributed by atoms with Crippen LogP contribution in [0.2, 0.25) is 0 Å². The summed E-state index contributed by atoms with van der Waals surface area (Å²) in [5.41, 5.74) is 4.01. The number of thiophene rings is 1. The molecule has 1 aliphatic carbocycles. The number of benzene rings is 1. The molecule has 1 fully saturated rings. The Morgan fingerprint density at radius 3 is 2.62 bits per heavy atom. The van der Waals surface area contributed by atoms with E-state index in [2.05, 4.69) is 35.2 Å². The van der Waals surface area contributed by atoms with Crippen molar-refractivity contribution in [3.8, 4) is 10.4 Å². The number of aryl methyl sites for hydroxylation is 2. The van der Waals surface area contributed by atoms with Crippen molar-refractivity contribution in [3.63, 3.8) is 0 Å². The number of fused-ring (bicyclic) bond motifs is 3. The third-order valence-electron chi connectivity index (χ3n) is 5.02. The maximum Gasteiger partial charge on any atom is 0.264 e. The molecule has 5 heteroatoms. The molecule has 0 radical (unpaired) electrons. The van der Waals surface area contributed by atoms with Gasteiger partial charge in [-0.25, -0.2) is 0 Å². The Labute approximate surface area is 146 Å². The summed E-state index contributed by atoms with van der Waals surface area (Å²) in [4.78, 5) is 19.2. The Morgan fingerprint density at radius 2 is 1.83 bits per heavy atom. The summed E-state index contributed by atoms with van der Waals surface area (Å²) in [5, 5.41) is 9.02. The number of hydrogen-bond donors (Lipinski definition) is 1. The lowest BCUT2D eigenvalue weighted by Gasteiger charge is -2.34. The lowest BCUT2D eigenvalue weighted by atomic mass is 9.91. The van der Waals surface area contributed by atoms with Crippen molar-refractivity contribution in [2.45, 2.75) is 12.8 Å². The minimum absolute atomic E-state index is 0.163. The minimum Gasteiger partial charge on any atom is -0.395 e. The third kappa shape index (κ3) is 2.88. The number of β-amino-alcohol motifs (C(OH)–C–C–N with tert-alkyl or cyclic N) is 1. The van der Waals surface area contributed by atoms with E-state index in [4.69, 9.17) is 5.11 Å². The lowest BCUT2D eigenvalue weighted by Crippen LogP contribution is -2.49. The summed E-state index contributed by atoms with van der Waals surface area (Å²) < 4.78 is 0. The van der Waals surface area contributed by atoms with Crippen LogP contribution in [0.3, 0.4) is 0 Å². The summed E-state index contributed by atoms with van der Waals surface area (Å²) >= 11 is 1.65. The molecule has 1 amide bonds. The zero-order valence-corrected chi connectivity index (χ0v) is 14.5. The van der Waals surface area contributed by atoms with Gasteiger partial charge in [-0.05, 0) is 35.6 Å². The fourth-order valence-corrected chi connectivity index (χ4v) is 4.89. The second-order valence-corrected chi connectivity index (χ2v) is 7.53. The highest BCUT2D eigenvalue weighted by atomic mass is 32.1. The molecule has 4 nitrogen and oxygen atoms in total. The quantitative estimate of drug-likeness (QED) is 0.931.